The molecule has 0 bridgehead atoms. The number of amides is 1. The Morgan fingerprint density at radius 3 is 2.59 bits per heavy atom. The summed E-state index contributed by atoms with van der Waals surface area (Å²) in [7, 11) is 0. The Bertz CT molecular complexity index is 602. The van der Waals surface area contributed by atoms with E-state index in [4.69, 9.17) is 0 Å². The highest BCUT2D eigenvalue weighted by molar-refractivity contribution is 6.03. The first kappa shape index (κ1) is 11.2. The van der Waals surface area contributed by atoms with E-state index in [9.17, 15) is 9.90 Å². The molecule has 0 aliphatic carbocycles. The van der Waals surface area contributed by atoms with Crippen LogP contribution >= 0.6 is 0 Å². The molecule has 2 N–H and O–H groups in total. The third kappa shape index (κ3) is 2.45. The van der Waals surface area contributed by atoms with Crippen molar-refractivity contribution in [2.45, 2.75) is 6.92 Å². The second kappa shape index (κ2) is 4.29. The average molecular weight is 227 g/mol. The Kier molecular flexibility index (Phi) is 2.83. The van der Waals surface area contributed by atoms with Crippen molar-refractivity contribution in [2.24, 2.45) is 0 Å². The van der Waals surface area contributed by atoms with Gasteiger partial charge >= 0.3 is 0 Å². The molecule has 0 aromatic heterocycles. The molecule has 0 aliphatic heterocycles. The number of fused-ring (bicyclic) bond motifs is 1. The summed E-state index contributed by atoms with van der Waals surface area (Å²) in [5.41, 5.74) is 1.15. The quantitative estimate of drug-likeness (QED) is 0.774. The van der Waals surface area contributed by atoms with Gasteiger partial charge in [-0.3, -0.25) is 4.79 Å². The molecule has 0 aliphatic rings. The number of phenolic OH excluding ortho intramolecular Hbond substituents is 1. The zero-order chi connectivity index (χ0) is 12.4. The second-order valence-corrected chi connectivity index (χ2v) is 3.98. The highest BCUT2D eigenvalue weighted by Crippen LogP contribution is 2.23. The summed E-state index contributed by atoms with van der Waals surface area (Å²) in [6.45, 7) is 5.23. The summed E-state index contributed by atoms with van der Waals surface area (Å²) in [4.78, 5) is 11.5. The van der Waals surface area contributed by atoms with Crippen LogP contribution in [0, 0.1) is 0 Å². The molecule has 0 radical (unpaired) electrons. The van der Waals surface area contributed by atoms with Crippen LogP contribution in [0.5, 0.6) is 5.75 Å². The number of phenols is 1. The summed E-state index contributed by atoms with van der Waals surface area (Å²) in [6.07, 6.45) is 0. The molecule has 0 unspecified atom stereocenters. The summed E-state index contributed by atoms with van der Waals surface area (Å²) in [6, 6.07) is 10.6. The van der Waals surface area contributed by atoms with Gasteiger partial charge in [0, 0.05) is 11.3 Å². The van der Waals surface area contributed by atoms with E-state index in [1.807, 2.05) is 24.3 Å². The van der Waals surface area contributed by atoms with Crippen LogP contribution in [0.3, 0.4) is 0 Å². The molecule has 0 saturated heterocycles. The maximum atomic E-state index is 11.5. The molecule has 86 valence electrons. The minimum atomic E-state index is -0.204. The van der Waals surface area contributed by atoms with E-state index in [1.165, 1.54) is 0 Å². The summed E-state index contributed by atoms with van der Waals surface area (Å²) in [5, 5.41) is 14.0. The first-order chi connectivity index (χ1) is 8.06. The number of anilines is 1. The van der Waals surface area contributed by atoms with Crippen LogP contribution in [0.1, 0.15) is 6.92 Å². The maximum absolute atomic E-state index is 11.5. The van der Waals surface area contributed by atoms with Crippen molar-refractivity contribution < 1.29 is 9.90 Å². The van der Waals surface area contributed by atoms with Gasteiger partial charge in [-0.1, -0.05) is 18.7 Å². The predicted molar refractivity (Wildman–Crippen MR) is 69.1 cm³/mol. The zero-order valence-electron chi connectivity index (χ0n) is 9.53. The van der Waals surface area contributed by atoms with E-state index in [1.54, 1.807) is 19.1 Å². The van der Waals surface area contributed by atoms with Gasteiger partial charge in [-0.2, -0.15) is 0 Å². The summed E-state index contributed by atoms with van der Waals surface area (Å²) in [5.74, 6) is 0.00498. The minimum Gasteiger partial charge on any atom is -0.508 e. The minimum absolute atomic E-state index is 0.204. The van der Waals surface area contributed by atoms with E-state index in [2.05, 4.69) is 11.9 Å². The number of hydrogen-bond acceptors (Lipinski definition) is 2. The van der Waals surface area contributed by atoms with Crippen molar-refractivity contribution in [3.05, 3.63) is 48.6 Å². The standard InChI is InChI=1S/C14H13NO2/c1-9(2)14(17)15-12-5-3-10-4-6-13(16)8-11(10)7-12/h3-8,16H,1H2,2H3,(H,15,17). The van der Waals surface area contributed by atoms with E-state index >= 15 is 0 Å². The van der Waals surface area contributed by atoms with Crippen molar-refractivity contribution >= 4 is 22.4 Å². The smallest absolute Gasteiger partial charge is 0.250 e. The predicted octanol–water partition coefficient (Wildman–Crippen LogP) is 3.06. The summed E-state index contributed by atoms with van der Waals surface area (Å²) >= 11 is 0. The average Bonchev–Trinajstić information content (AvgIpc) is 2.28. The molecule has 0 heterocycles. The molecule has 1 amide bonds. The number of nitrogens with one attached hydrogen (secondary N) is 1. The van der Waals surface area contributed by atoms with Gasteiger partial charge in [0.2, 0.25) is 0 Å². The molecule has 0 fully saturated rings. The molecule has 2 aromatic carbocycles. The molecule has 3 heteroatoms. The van der Waals surface area contributed by atoms with Crippen LogP contribution in [0.25, 0.3) is 10.8 Å². The van der Waals surface area contributed by atoms with E-state index < -0.39 is 0 Å². The lowest BCUT2D eigenvalue weighted by Crippen LogP contribution is -2.11. The van der Waals surface area contributed by atoms with E-state index in [-0.39, 0.29) is 11.7 Å². The van der Waals surface area contributed by atoms with Crippen molar-refractivity contribution in [3.63, 3.8) is 0 Å². The van der Waals surface area contributed by atoms with Gasteiger partial charge < -0.3 is 10.4 Å². The molecule has 17 heavy (non-hydrogen) atoms. The normalized spacial score (nSPS) is 10.2. The number of aromatic hydroxyl groups is 1. The van der Waals surface area contributed by atoms with Crippen molar-refractivity contribution in [1.82, 2.24) is 0 Å². The van der Waals surface area contributed by atoms with Gasteiger partial charge in [-0.25, -0.2) is 0 Å². The Balaban J connectivity index is 2.37. The fourth-order valence-corrected chi connectivity index (χ4v) is 1.55. The largest absolute Gasteiger partial charge is 0.508 e. The number of carbonyl (C=O) groups is 1. The second-order valence-electron chi connectivity index (χ2n) is 3.98. The lowest BCUT2D eigenvalue weighted by molar-refractivity contribution is -0.112. The van der Waals surface area contributed by atoms with Crippen LogP contribution in [0.4, 0.5) is 5.69 Å². The highest BCUT2D eigenvalue weighted by atomic mass is 16.3. The van der Waals surface area contributed by atoms with Crippen molar-refractivity contribution in [3.8, 4) is 5.75 Å². The fraction of sp³-hybridized carbons (Fsp3) is 0.0714. The zero-order valence-corrected chi connectivity index (χ0v) is 9.53. The van der Waals surface area contributed by atoms with Gasteiger partial charge in [0.15, 0.2) is 0 Å². The molecule has 2 rings (SSSR count). The molecular formula is C14H13NO2. The SMILES string of the molecule is C=C(C)C(=O)Nc1ccc2ccc(O)cc2c1. The highest BCUT2D eigenvalue weighted by Gasteiger charge is 2.03. The molecule has 2 aromatic rings. The third-order valence-corrected chi connectivity index (χ3v) is 2.47. The molecular weight excluding hydrogens is 214 g/mol. The third-order valence-electron chi connectivity index (χ3n) is 2.47. The van der Waals surface area contributed by atoms with Gasteiger partial charge in [0.25, 0.3) is 5.91 Å². The van der Waals surface area contributed by atoms with Crippen LogP contribution in [0.2, 0.25) is 0 Å². The van der Waals surface area contributed by atoms with Gasteiger partial charge in [0.1, 0.15) is 5.75 Å². The first-order valence-corrected chi connectivity index (χ1v) is 5.26. The Morgan fingerprint density at radius 1 is 1.18 bits per heavy atom. The Morgan fingerprint density at radius 2 is 1.88 bits per heavy atom. The van der Waals surface area contributed by atoms with Crippen molar-refractivity contribution in [1.29, 1.82) is 0 Å². The lowest BCUT2D eigenvalue weighted by Gasteiger charge is -2.06. The number of benzene rings is 2. The van der Waals surface area contributed by atoms with Crippen LogP contribution in [-0.4, -0.2) is 11.0 Å². The topological polar surface area (TPSA) is 49.3 Å². The van der Waals surface area contributed by atoms with E-state index in [0.29, 0.717) is 11.3 Å². The van der Waals surface area contributed by atoms with E-state index in [0.717, 1.165) is 10.8 Å². The summed E-state index contributed by atoms with van der Waals surface area (Å²) < 4.78 is 0. The Labute approximate surface area is 99.4 Å². The van der Waals surface area contributed by atoms with Crippen LogP contribution in [0.15, 0.2) is 48.6 Å². The first-order valence-electron chi connectivity index (χ1n) is 5.26. The monoisotopic (exact) mass is 227 g/mol. The number of rotatable bonds is 2. The van der Waals surface area contributed by atoms with Crippen molar-refractivity contribution in [2.75, 3.05) is 5.32 Å². The number of carbonyl (C=O) groups excluding carboxylic acids is 1. The van der Waals surface area contributed by atoms with Gasteiger partial charge in [0.05, 0.1) is 0 Å². The van der Waals surface area contributed by atoms with Crippen LogP contribution in [-0.2, 0) is 4.79 Å². The lowest BCUT2D eigenvalue weighted by atomic mass is 10.1. The molecule has 0 atom stereocenters. The molecule has 0 spiro atoms. The molecule has 0 saturated carbocycles. The molecule has 3 nitrogen and oxygen atoms in total. The van der Waals surface area contributed by atoms with Gasteiger partial charge in [-0.15, -0.1) is 0 Å². The van der Waals surface area contributed by atoms with Gasteiger partial charge in [-0.05, 0) is 42.0 Å². The maximum Gasteiger partial charge on any atom is 0.250 e. The van der Waals surface area contributed by atoms with Crippen LogP contribution < -0.4 is 5.32 Å². The Hall–Kier alpha value is -2.29. The fourth-order valence-electron chi connectivity index (χ4n) is 1.55. The number of hydrogen-bond donors (Lipinski definition) is 2.